The predicted molar refractivity (Wildman–Crippen MR) is 99.8 cm³/mol. The maximum Gasteiger partial charge on any atom is 0.0782 e. The molecule has 0 unspecified atom stereocenters. The molecule has 0 radical (unpaired) electrons. The summed E-state index contributed by atoms with van der Waals surface area (Å²) in [6.07, 6.45) is 18.3. The average Bonchev–Trinajstić information content (AvgIpc) is 2.45. The Bertz CT molecular complexity index is 202. The number of nitrogens with zero attached hydrogens (tertiary/aromatic N) is 1. The van der Waals surface area contributed by atoms with E-state index in [2.05, 4.69) is 27.9 Å². The highest BCUT2D eigenvalue weighted by atomic mass is 15.3. The van der Waals surface area contributed by atoms with Crippen molar-refractivity contribution in [3.63, 3.8) is 0 Å². The Hall–Kier alpha value is -0.300. The molecule has 1 nitrogen and oxygen atoms in total. The van der Waals surface area contributed by atoms with Gasteiger partial charge in [0.1, 0.15) is 0 Å². The summed E-state index contributed by atoms with van der Waals surface area (Å²) in [5.41, 5.74) is 0. The van der Waals surface area contributed by atoms with Crippen LogP contribution >= 0.6 is 0 Å². The highest BCUT2D eigenvalue weighted by Crippen LogP contribution is 2.11. The Kier molecular flexibility index (Phi) is 19.4. The zero-order valence-electron chi connectivity index (χ0n) is 16.1. The monoisotopic (exact) mass is 298 g/mol. The molecule has 0 aliphatic rings. The average molecular weight is 299 g/mol. The van der Waals surface area contributed by atoms with Gasteiger partial charge in [-0.15, -0.1) is 0 Å². The highest BCUT2D eigenvalue weighted by Gasteiger charge is 2.11. The quantitative estimate of drug-likeness (QED) is 0.217. The predicted octanol–water partition coefficient (Wildman–Crippen LogP) is 6.59. The topological polar surface area (TPSA) is 0 Å². The van der Waals surface area contributed by atoms with Crippen molar-refractivity contribution < 1.29 is 4.48 Å². The van der Waals surface area contributed by atoms with Crippen LogP contribution < -0.4 is 0 Å². The van der Waals surface area contributed by atoms with Crippen LogP contribution in [0.1, 0.15) is 91.9 Å². The summed E-state index contributed by atoms with van der Waals surface area (Å²) in [4.78, 5) is 0. The molecule has 21 heavy (non-hydrogen) atoms. The number of quaternary nitrogens is 1. The fourth-order valence-corrected chi connectivity index (χ4v) is 2.57. The minimum absolute atomic E-state index is 1.22. The SMILES string of the molecule is CC=CC.CCCCCCCCCCC[N+](C)(C)CCC. The van der Waals surface area contributed by atoms with Gasteiger partial charge < -0.3 is 4.48 Å². The Morgan fingerprint density at radius 1 is 0.571 bits per heavy atom. The third kappa shape index (κ3) is 22.1. The summed E-state index contributed by atoms with van der Waals surface area (Å²) in [5, 5.41) is 0. The molecule has 128 valence electrons. The van der Waals surface area contributed by atoms with Crippen molar-refractivity contribution in [3.05, 3.63) is 12.2 Å². The van der Waals surface area contributed by atoms with E-state index in [1.54, 1.807) is 0 Å². The van der Waals surface area contributed by atoms with Crippen LogP contribution in [0.3, 0.4) is 0 Å². The number of allylic oxidation sites excluding steroid dienone is 2. The first-order valence-electron chi connectivity index (χ1n) is 9.43. The molecule has 0 aromatic rings. The van der Waals surface area contributed by atoms with Crippen LogP contribution in [0.2, 0.25) is 0 Å². The van der Waals surface area contributed by atoms with Gasteiger partial charge in [-0.1, -0.05) is 70.9 Å². The van der Waals surface area contributed by atoms with Gasteiger partial charge in [-0.25, -0.2) is 0 Å². The summed E-state index contributed by atoms with van der Waals surface area (Å²) < 4.78 is 1.22. The fourth-order valence-electron chi connectivity index (χ4n) is 2.57. The van der Waals surface area contributed by atoms with E-state index in [4.69, 9.17) is 0 Å². The summed E-state index contributed by atoms with van der Waals surface area (Å²) in [7, 11) is 4.74. The zero-order valence-corrected chi connectivity index (χ0v) is 16.1. The van der Waals surface area contributed by atoms with Crippen molar-refractivity contribution in [2.24, 2.45) is 0 Å². The second-order valence-corrected chi connectivity index (χ2v) is 6.88. The zero-order chi connectivity index (χ0) is 16.4. The molecule has 0 spiro atoms. The number of rotatable bonds is 12. The lowest BCUT2D eigenvalue weighted by molar-refractivity contribution is -0.890. The Labute approximate surface area is 136 Å². The molecule has 0 heterocycles. The van der Waals surface area contributed by atoms with Crippen molar-refractivity contribution in [2.75, 3.05) is 27.2 Å². The lowest BCUT2D eigenvalue weighted by atomic mass is 10.1. The van der Waals surface area contributed by atoms with Crippen LogP contribution in [0.15, 0.2) is 12.2 Å². The first-order valence-corrected chi connectivity index (χ1v) is 9.43. The normalized spacial score (nSPS) is 11.5. The van der Waals surface area contributed by atoms with E-state index in [1.165, 1.54) is 81.8 Å². The second kappa shape index (κ2) is 17.8. The highest BCUT2D eigenvalue weighted by molar-refractivity contribution is 4.68. The van der Waals surface area contributed by atoms with Crippen LogP contribution in [-0.2, 0) is 0 Å². The minimum atomic E-state index is 1.22. The molecule has 0 amide bonds. The van der Waals surface area contributed by atoms with Gasteiger partial charge >= 0.3 is 0 Å². The summed E-state index contributed by atoms with van der Waals surface area (Å²) >= 11 is 0. The number of hydrogen-bond donors (Lipinski definition) is 0. The van der Waals surface area contributed by atoms with Crippen molar-refractivity contribution in [2.45, 2.75) is 91.9 Å². The van der Waals surface area contributed by atoms with Crippen LogP contribution in [0.5, 0.6) is 0 Å². The van der Waals surface area contributed by atoms with Crippen molar-refractivity contribution in [1.29, 1.82) is 0 Å². The molecule has 0 aromatic carbocycles. The lowest BCUT2D eigenvalue weighted by Gasteiger charge is -2.29. The van der Waals surface area contributed by atoms with Crippen molar-refractivity contribution in [3.8, 4) is 0 Å². The van der Waals surface area contributed by atoms with E-state index in [0.717, 1.165) is 0 Å². The summed E-state index contributed by atoms with van der Waals surface area (Å²) in [5.74, 6) is 0. The molecule has 0 atom stereocenters. The molecule has 0 aliphatic heterocycles. The Morgan fingerprint density at radius 2 is 1.00 bits per heavy atom. The second-order valence-electron chi connectivity index (χ2n) is 6.88. The van der Waals surface area contributed by atoms with E-state index in [0.29, 0.717) is 0 Å². The Balaban J connectivity index is 0. The minimum Gasteiger partial charge on any atom is -0.328 e. The van der Waals surface area contributed by atoms with Crippen LogP contribution in [0, 0.1) is 0 Å². The summed E-state index contributed by atoms with van der Waals surface area (Å²) in [6.45, 7) is 11.3. The smallest absolute Gasteiger partial charge is 0.0782 e. The van der Waals surface area contributed by atoms with Gasteiger partial charge in [0, 0.05) is 0 Å². The van der Waals surface area contributed by atoms with Gasteiger partial charge in [-0.2, -0.15) is 0 Å². The van der Waals surface area contributed by atoms with E-state index in [9.17, 15) is 0 Å². The molecule has 0 rings (SSSR count). The third-order valence-corrected chi connectivity index (χ3v) is 4.03. The van der Waals surface area contributed by atoms with Crippen molar-refractivity contribution >= 4 is 0 Å². The molecule has 0 saturated heterocycles. The van der Waals surface area contributed by atoms with Gasteiger partial charge in [0.05, 0.1) is 27.2 Å². The molecule has 0 N–H and O–H groups in total. The van der Waals surface area contributed by atoms with E-state index >= 15 is 0 Å². The van der Waals surface area contributed by atoms with Crippen LogP contribution in [0.25, 0.3) is 0 Å². The summed E-state index contributed by atoms with van der Waals surface area (Å²) in [6, 6.07) is 0. The molecule has 0 aromatic heterocycles. The standard InChI is InChI=1S/C16H36N.C4H8/c1-5-7-8-9-10-11-12-13-14-16-17(3,4)15-6-2;1-3-4-2/h5-16H2,1-4H3;3-4H,1-2H3/q+1;. The molecular weight excluding hydrogens is 254 g/mol. The molecule has 0 bridgehead atoms. The maximum absolute atomic E-state index is 2.37. The van der Waals surface area contributed by atoms with E-state index in [-0.39, 0.29) is 0 Å². The first-order chi connectivity index (χ1) is 10.0. The Morgan fingerprint density at radius 3 is 1.38 bits per heavy atom. The van der Waals surface area contributed by atoms with E-state index in [1.807, 2.05) is 26.0 Å². The lowest BCUT2D eigenvalue weighted by Crippen LogP contribution is -2.40. The van der Waals surface area contributed by atoms with Gasteiger partial charge in [-0.3, -0.25) is 0 Å². The van der Waals surface area contributed by atoms with Crippen LogP contribution in [-0.4, -0.2) is 31.7 Å². The van der Waals surface area contributed by atoms with Gasteiger partial charge in [-0.05, 0) is 33.1 Å². The molecular formula is C20H44N+. The number of unbranched alkanes of at least 4 members (excludes halogenated alkanes) is 8. The van der Waals surface area contributed by atoms with Gasteiger partial charge in [0.25, 0.3) is 0 Å². The first kappa shape index (κ1) is 23.0. The van der Waals surface area contributed by atoms with Gasteiger partial charge in [0.2, 0.25) is 0 Å². The third-order valence-electron chi connectivity index (χ3n) is 4.03. The van der Waals surface area contributed by atoms with Gasteiger partial charge in [0.15, 0.2) is 0 Å². The molecule has 0 aliphatic carbocycles. The van der Waals surface area contributed by atoms with E-state index < -0.39 is 0 Å². The molecule has 0 saturated carbocycles. The fraction of sp³-hybridized carbons (Fsp3) is 0.900. The largest absolute Gasteiger partial charge is 0.328 e. The maximum atomic E-state index is 2.37. The molecule has 0 fully saturated rings. The number of hydrogen-bond acceptors (Lipinski definition) is 0. The molecule has 1 heteroatoms. The van der Waals surface area contributed by atoms with Crippen molar-refractivity contribution in [1.82, 2.24) is 0 Å². The van der Waals surface area contributed by atoms with Crippen LogP contribution in [0.4, 0.5) is 0 Å².